The molecule has 3 aromatic rings. The van der Waals surface area contributed by atoms with Crippen LogP contribution < -0.4 is 15.5 Å². The van der Waals surface area contributed by atoms with Crippen LogP contribution in [0.15, 0.2) is 42.9 Å². The van der Waals surface area contributed by atoms with Crippen molar-refractivity contribution in [2.75, 3.05) is 29.4 Å². The van der Waals surface area contributed by atoms with E-state index in [0.29, 0.717) is 41.7 Å². The predicted molar refractivity (Wildman–Crippen MR) is 119 cm³/mol. The molecular weight excluding hydrogens is 442 g/mol. The van der Waals surface area contributed by atoms with Crippen molar-refractivity contribution in [2.45, 2.75) is 13.0 Å². The van der Waals surface area contributed by atoms with Crippen LogP contribution in [0.1, 0.15) is 17.3 Å². The number of hydrogen-bond donors (Lipinski definition) is 1. The highest BCUT2D eigenvalue weighted by molar-refractivity contribution is 6.33. The van der Waals surface area contributed by atoms with Crippen LogP contribution in [0, 0.1) is 5.82 Å². The lowest BCUT2D eigenvalue weighted by atomic mass is 10.1. The van der Waals surface area contributed by atoms with Crippen molar-refractivity contribution in [1.82, 2.24) is 15.0 Å². The number of hydrogen-bond acceptors (Lipinski definition) is 6. The van der Waals surface area contributed by atoms with Crippen LogP contribution in [0.4, 0.5) is 16.0 Å². The molecule has 2 N–H and O–H groups in total. The van der Waals surface area contributed by atoms with Gasteiger partial charge in [-0.05, 0) is 31.2 Å². The normalized spacial score (nSPS) is 16.5. The highest BCUT2D eigenvalue weighted by Crippen LogP contribution is 2.29. The molecule has 0 radical (unpaired) electrons. The molecule has 0 bridgehead atoms. The fraction of sp³-hybridized carbons (Fsp3) is 0.238. The molecule has 1 fully saturated rings. The summed E-state index contributed by atoms with van der Waals surface area (Å²) in [6.45, 7) is 4.07. The van der Waals surface area contributed by atoms with Crippen LogP contribution in [0.5, 0.6) is 0 Å². The van der Waals surface area contributed by atoms with Crippen molar-refractivity contribution in [3.63, 3.8) is 0 Å². The molecule has 1 aromatic carbocycles. The zero-order valence-electron chi connectivity index (χ0n) is 16.6. The number of nitrogens with zero attached hydrogens (tertiary/aromatic N) is 5. The first kappa shape index (κ1) is 21.3. The van der Waals surface area contributed by atoms with E-state index in [1.165, 1.54) is 24.7 Å². The molecule has 31 heavy (non-hydrogen) atoms. The van der Waals surface area contributed by atoms with Gasteiger partial charge in [-0.15, -0.1) is 0 Å². The largest absolute Gasteiger partial charge is 0.366 e. The maximum Gasteiger partial charge on any atom is 0.250 e. The highest BCUT2D eigenvalue weighted by Gasteiger charge is 2.27. The van der Waals surface area contributed by atoms with Crippen LogP contribution in [0.25, 0.3) is 11.3 Å². The molecule has 1 amide bonds. The molecular formula is C21H19Cl2FN6O. The first-order chi connectivity index (χ1) is 14.8. The molecule has 4 rings (SSSR count). The maximum atomic E-state index is 13.5. The number of amides is 1. The van der Waals surface area contributed by atoms with Gasteiger partial charge < -0.3 is 15.5 Å². The van der Waals surface area contributed by atoms with Gasteiger partial charge in [0, 0.05) is 43.5 Å². The van der Waals surface area contributed by atoms with Gasteiger partial charge in [0.2, 0.25) is 5.91 Å². The van der Waals surface area contributed by atoms with Gasteiger partial charge in [-0.1, -0.05) is 23.2 Å². The summed E-state index contributed by atoms with van der Waals surface area (Å²) >= 11 is 12.2. The summed E-state index contributed by atoms with van der Waals surface area (Å²) in [5.41, 5.74) is 6.94. The lowest BCUT2D eigenvalue weighted by molar-refractivity contribution is 0.1000. The Morgan fingerprint density at radius 1 is 1.13 bits per heavy atom. The van der Waals surface area contributed by atoms with E-state index in [0.717, 1.165) is 5.82 Å². The molecule has 0 aliphatic carbocycles. The number of rotatable bonds is 4. The standard InChI is InChI=1S/C21H19Cl2FN6O/c1-12-10-29(21-16(23)7-14(9-26-21)20(25)31)4-5-30(12)19-8-18(27-11-28-19)13-2-3-17(24)15(22)6-13/h2-3,6-9,11-12H,4-5,10H2,1H3,(H2,25,31)/t12-/m1/s1. The van der Waals surface area contributed by atoms with Gasteiger partial charge in [0.05, 0.1) is 21.3 Å². The zero-order chi connectivity index (χ0) is 22.1. The fourth-order valence-electron chi connectivity index (χ4n) is 3.61. The van der Waals surface area contributed by atoms with Gasteiger partial charge >= 0.3 is 0 Å². The average Bonchev–Trinajstić information content (AvgIpc) is 2.75. The van der Waals surface area contributed by atoms with Gasteiger partial charge in [-0.3, -0.25) is 4.79 Å². The second-order valence-corrected chi connectivity index (χ2v) is 8.09. The molecule has 1 saturated heterocycles. The SMILES string of the molecule is C[C@@H]1CN(c2ncc(C(N)=O)cc2Cl)CCN1c1cc(-c2ccc(F)c(Cl)c2)ncn1. The zero-order valence-corrected chi connectivity index (χ0v) is 18.1. The van der Waals surface area contributed by atoms with Crippen LogP contribution in [0.2, 0.25) is 10.0 Å². The second kappa shape index (κ2) is 8.64. The van der Waals surface area contributed by atoms with Crippen molar-refractivity contribution < 1.29 is 9.18 Å². The minimum atomic E-state index is -0.568. The number of pyridine rings is 1. The number of primary amides is 1. The fourth-order valence-corrected chi connectivity index (χ4v) is 4.07. The Balaban J connectivity index is 1.53. The van der Waals surface area contributed by atoms with E-state index in [9.17, 15) is 9.18 Å². The van der Waals surface area contributed by atoms with Crippen molar-refractivity contribution in [1.29, 1.82) is 0 Å². The van der Waals surface area contributed by atoms with Crippen LogP contribution in [-0.4, -0.2) is 46.5 Å². The lowest BCUT2D eigenvalue weighted by Crippen LogP contribution is -2.52. The maximum absolute atomic E-state index is 13.5. The first-order valence-electron chi connectivity index (χ1n) is 9.58. The Labute approximate surface area is 188 Å². The number of carbonyl (C=O) groups excluding carboxylic acids is 1. The summed E-state index contributed by atoms with van der Waals surface area (Å²) in [5.74, 6) is 0.338. The summed E-state index contributed by atoms with van der Waals surface area (Å²) in [6.07, 6.45) is 2.92. The van der Waals surface area contributed by atoms with E-state index < -0.39 is 11.7 Å². The highest BCUT2D eigenvalue weighted by atomic mass is 35.5. The van der Waals surface area contributed by atoms with Gasteiger partial charge in [-0.2, -0.15) is 0 Å². The van der Waals surface area contributed by atoms with Crippen molar-refractivity contribution >= 4 is 40.7 Å². The first-order valence-corrected chi connectivity index (χ1v) is 10.3. The van der Waals surface area contributed by atoms with Crippen molar-refractivity contribution in [3.8, 4) is 11.3 Å². The number of carbonyl (C=O) groups is 1. The van der Waals surface area contributed by atoms with Crippen LogP contribution >= 0.6 is 23.2 Å². The predicted octanol–water partition coefficient (Wildman–Crippen LogP) is 3.80. The van der Waals surface area contributed by atoms with Crippen LogP contribution in [0.3, 0.4) is 0 Å². The van der Waals surface area contributed by atoms with Gasteiger partial charge in [-0.25, -0.2) is 19.3 Å². The number of anilines is 2. The minimum Gasteiger partial charge on any atom is -0.366 e. The monoisotopic (exact) mass is 460 g/mol. The van der Waals surface area contributed by atoms with E-state index in [1.54, 1.807) is 12.1 Å². The second-order valence-electron chi connectivity index (χ2n) is 7.27. The average molecular weight is 461 g/mol. The summed E-state index contributed by atoms with van der Waals surface area (Å²) in [6, 6.07) is 8.01. The summed E-state index contributed by atoms with van der Waals surface area (Å²) < 4.78 is 13.5. The Hall–Kier alpha value is -2.97. The summed E-state index contributed by atoms with van der Waals surface area (Å²) in [5, 5.41) is 0.431. The Morgan fingerprint density at radius 3 is 2.61 bits per heavy atom. The smallest absolute Gasteiger partial charge is 0.250 e. The molecule has 7 nitrogen and oxygen atoms in total. The van der Waals surface area contributed by atoms with Gasteiger partial charge in [0.25, 0.3) is 0 Å². The Morgan fingerprint density at radius 2 is 1.94 bits per heavy atom. The number of nitrogens with two attached hydrogens (primary N) is 1. The van der Waals surface area contributed by atoms with Crippen molar-refractivity contribution in [3.05, 3.63) is 64.3 Å². The Kier molecular flexibility index (Phi) is 5.93. The van der Waals surface area contributed by atoms with E-state index in [-0.39, 0.29) is 16.6 Å². The molecule has 1 atom stereocenters. The third-order valence-corrected chi connectivity index (χ3v) is 5.76. The molecule has 3 heterocycles. The van der Waals surface area contributed by atoms with Gasteiger partial charge in [0.1, 0.15) is 23.8 Å². The molecule has 0 unspecified atom stereocenters. The number of aromatic nitrogens is 3. The topological polar surface area (TPSA) is 88.2 Å². The molecule has 1 aliphatic rings. The summed E-state index contributed by atoms with van der Waals surface area (Å²) in [4.78, 5) is 28.6. The molecule has 10 heteroatoms. The Bertz CT molecular complexity index is 1140. The van der Waals surface area contributed by atoms with E-state index >= 15 is 0 Å². The molecule has 160 valence electrons. The molecule has 2 aromatic heterocycles. The van der Waals surface area contributed by atoms with Crippen LogP contribution in [-0.2, 0) is 0 Å². The van der Waals surface area contributed by atoms with E-state index in [4.69, 9.17) is 28.9 Å². The summed E-state index contributed by atoms with van der Waals surface area (Å²) in [7, 11) is 0. The third kappa shape index (κ3) is 4.40. The third-order valence-electron chi connectivity index (χ3n) is 5.20. The number of benzene rings is 1. The quantitative estimate of drug-likeness (QED) is 0.636. The van der Waals surface area contributed by atoms with E-state index in [2.05, 4.69) is 31.7 Å². The molecule has 0 spiro atoms. The minimum absolute atomic E-state index is 0.0476. The van der Waals surface area contributed by atoms with Crippen molar-refractivity contribution in [2.24, 2.45) is 5.73 Å². The van der Waals surface area contributed by atoms with E-state index in [1.807, 2.05) is 6.07 Å². The molecule has 0 saturated carbocycles. The number of piperazine rings is 1. The number of halogens is 3. The van der Waals surface area contributed by atoms with Gasteiger partial charge in [0.15, 0.2) is 0 Å². The molecule has 1 aliphatic heterocycles. The lowest BCUT2D eigenvalue weighted by Gasteiger charge is -2.41.